The van der Waals surface area contributed by atoms with Crippen LogP contribution in [-0.4, -0.2) is 92.1 Å². The van der Waals surface area contributed by atoms with Gasteiger partial charge in [-0.3, -0.25) is 4.79 Å². The Kier molecular flexibility index (Phi) is 8.34. The van der Waals surface area contributed by atoms with Crippen molar-refractivity contribution in [2.75, 3.05) is 6.79 Å². The lowest BCUT2D eigenvalue weighted by molar-refractivity contribution is -0.262. The van der Waals surface area contributed by atoms with E-state index in [4.69, 9.17) is 23.7 Å². The number of fused-ring (bicyclic) bond motifs is 5. The first-order valence-electron chi connectivity index (χ1n) is 16.0. The average Bonchev–Trinajstić information content (AvgIpc) is 3.57. The molecule has 0 radical (unpaired) electrons. The van der Waals surface area contributed by atoms with Gasteiger partial charge in [0, 0.05) is 18.8 Å². The van der Waals surface area contributed by atoms with Crippen LogP contribution in [0.1, 0.15) is 51.4 Å². The Balaban J connectivity index is 1.66. The Morgan fingerprint density at radius 2 is 1.55 bits per heavy atom. The monoisotopic (exact) mass is 652 g/mol. The molecule has 2 aromatic rings. The largest absolute Gasteiger partial charge is 0.486 e. The third kappa shape index (κ3) is 4.69. The van der Waals surface area contributed by atoms with Gasteiger partial charge in [-0.15, -0.1) is 0 Å². The summed E-state index contributed by atoms with van der Waals surface area (Å²) in [4.78, 5) is 26.4. The predicted octanol–water partition coefficient (Wildman–Crippen LogP) is 2.79. The molecule has 3 saturated carbocycles. The maximum atomic E-state index is 13.8. The Bertz CT molecular complexity index is 1510. The zero-order valence-corrected chi connectivity index (χ0v) is 27.2. The molecule has 0 amide bonds. The second-order valence-corrected chi connectivity index (χ2v) is 14.0. The van der Waals surface area contributed by atoms with Crippen LogP contribution in [0.2, 0.25) is 0 Å². The third-order valence-electron chi connectivity index (χ3n) is 11.2. The van der Waals surface area contributed by atoms with E-state index < -0.39 is 88.5 Å². The van der Waals surface area contributed by atoms with Gasteiger partial charge >= 0.3 is 11.9 Å². The lowest BCUT2D eigenvalue weighted by atomic mass is 9.52. The van der Waals surface area contributed by atoms with Crippen LogP contribution in [-0.2, 0) is 23.7 Å². The smallest absolute Gasteiger partial charge is 0.338 e. The van der Waals surface area contributed by atoms with Gasteiger partial charge in [0.15, 0.2) is 11.7 Å². The van der Waals surface area contributed by atoms with Crippen LogP contribution in [0.3, 0.4) is 0 Å². The summed E-state index contributed by atoms with van der Waals surface area (Å²) >= 11 is 0. The molecule has 4 N–H and O–H groups in total. The van der Waals surface area contributed by atoms with Crippen LogP contribution in [0, 0.1) is 23.7 Å². The van der Waals surface area contributed by atoms with E-state index in [2.05, 4.69) is 6.58 Å². The first-order chi connectivity index (χ1) is 22.1. The van der Waals surface area contributed by atoms with Gasteiger partial charge in [-0.1, -0.05) is 56.8 Å². The normalized spacial score (nSPS) is 43.9. The van der Waals surface area contributed by atoms with Gasteiger partial charge in [-0.25, -0.2) is 4.79 Å². The summed E-state index contributed by atoms with van der Waals surface area (Å²) in [5.74, 6) is -4.95. The minimum atomic E-state index is -2.35. The van der Waals surface area contributed by atoms with Crippen LogP contribution < -0.4 is 4.74 Å². The van der Waals surface area contributed by atoms with Gasteiger partial charge in [-0.2, -0.15) is 0 Å². The second kappa shape index (κ2) is 11.7. The van der Waals surface area contributed by atoms with Crippen molar-refractivity contribution in [1.29, 1.82) is 0 Å². The van der Waals surface area contributed by atoms with E-state index in [1.807, 2.05) is 0 Å². The van der Waals surface area contributed by atoms with Crippen LogP contribution in [0.15, 0.2) is 72.8 Å². The quantitative estimate of drug-likeness (QED) is 0.268. The number of aliphatic hydroxyl groups excluding tert-OH is 2. The van der Waals surface area contributed by atoms with Gasteiger partial charge < -0.3 is 44.1 Å². The molecule has 0 bridgehead atoms. The Labute approximate surface area is 274 Å². The molecule has 1 heterocycles. The lowest BCUT2D eigenvalue weighted by Crippen LogP contribution is -2.77. The van der Waals surface area contributed by atoms with Crippen LogP contribution in [0.5, 0.6) is 5.75 Å². The number of carbonyl (C=O) groups is 2. The van der Waals surface area contributed by atoms with Crippen molar-refractivity contribution in [2.24, 2.45) is 23.7 Å². The fraction of sp³-hybridized carbons (Fsp3) is 0.556. The first kappa shape index (κ1) is 33.6. The van der Waals surface area contributed by atoms with Gasteiger partial charge in [0.05, 0.1) is 23.7 Å². The molecule has 6 rings (SSSR count). The number of hydrogen-bond acceptors (Lipinski definition) is 11. The van der Waals surface area contributed by atoms with Crippen molar-refractivity contribution in [3.05, 3.63) is 78.4 Å². The molecule has 254 valence electrons. The molecule has 11 nitrogen and oxygen atoms in total. The van der Waals surface area contributed by atoms with Gasteiger partial charge in [0.1, 0.15) is 41.6 Å². The molecular formula is C36H44O11. The number of hydrogen-bond donors (Lipinski definition) is 4. The van der Waals surface area contributed by atoms with Crippen LogP contribution >= 0.6 is 0 Å². The van der Waals surface area contributed by atoms with Crippen molar-refractivity contribution in [1.82, 2.24) is 0 Å². The highest BCUT2D eigenvalue weighted by atomic mass is 16.7. The lowest BCUT2D eigenvalue weighted by Gasteiger charge is -2.61. The minimum Gasteiger partial charge on any atom is -0.486 e. The molecule has 0 aromatic heterocycles. The molecule has 47 heavy (non-hydrogen) atoms. The topological polar surface area (TPSA) is 161 Å². The summed E-state index contributed by atoms with van der Waals surface area (Å²) in [7, 11) is 0. The van der Waals surface area contributed by atoms with E-state index in [9.17, 15) is 30.0 Å². The van der Waals surface area contributed by atoms with E-state index in [-0.39, 0.29) is 18.8 Å². The number of carbonyl (C=O) groups excluding carboxylic acids is 2. The zero-order chi connectivity index (χ0) is 34.1. The molecule has 11 heteroatoms. The number of benzene rings is 2. The fourth-order valence-electron chi connectivity index (χ4n) is 9.22. The van der Waals surface area contributed by atoms with E-state index >= 15 is 0 Å². The van der Waals surface area contributed by atoms with Crippen molar-refractivity contribution >= 4 is 11.9 Å². The number of esters is 2. The highest BCUT2D eigenvalue weighted by molar-refractivity contribution is 5.89. The predicted molar refractivity (Wildman–Crippen MR) is 167 cm³/mol. The highest BCUT2D eigenvalue weighted by Crippen LogP contribution is 2.65. The molecule has 13 atom stereocenters. The third-order valence-corrected chi connectivity index (χ3v) is 11.2. The SMILES string of the molecule is C=C(C)[C@@]12OCO[C@@H]1[C@@H]1[C@H](O)[C@@](C)(O)[C@@H](OC(C)=O)[C@@]3(O)[C@@H](C[C@H](C)[C@@H]3O)[C@@]1(Oc1ccccc1)[C@H](C)[C@@H]2OC(=O)c1ccccc1. The van der Waals surface area contributed by atoms with Gasteiger partial charge in [0.2, 0.25) is 0 Å². The summed E-state index contributed by atoms with van der Waals surface area (Å²) in [5.41, 5.74) is -7.24. The van der Waals surface area contributed by atoms with E-state index in [1.165, 1.54) is 6.92 Å². The molecule has 2 aromatic carbocycles. The number of aliphatic hydroxyl groups is 4. The molecular weight excluding hydrogens is 608 g/mol. The summed E-state index contributed by atoms with van der Waals surface area (Å²) in [6.45, 7) is 11.6. The molecule has 4 fully saturated rings. The van der Waals surface area contributed by atoms with E-state index in [1.54, 1.807) is 81.4 Å². The fourth-order valence-corrected chi connectivity index (χ4v) is 9.22. The molecule has 1 saturated heterocycles. The Morgan fingerprint density at radius 3 is 2.15 bits per heavy atom. The van der Waals surface area contributed by atoms with Crippen molar-refractivity contribution in [3.8, 4) is 5.75 Å². The van der Waals surface area contributed by atoms with Gasteiger partial charge in [-0.05, 0) is 56.0 Å². The maximum absolute atomic E-state index is 13.8. The van der Waals surface area contributed by atoms with Crippen molar-refractivity contribution in [3.63, 3.8) is 0 Å². The van der Waals surface area contributed by atoms with E-state index in [0.29, 0.717) is 11.3 Å². The van der Waals surface area contributed by atoms with Crippen molar-refractivity contribution < 1.29 is 53.7 Å². The summed E-state index contributed by atoms with van der Waals surface area (Å²) < 4.78 is 31.8. The summed E-state index contributed by atoms with van der Waals surface area (Å²) in [6.07, 6.45) is -7.31. The average molecular weight is 653 g/mol. The number of para-hydroxylation sites is 1. The standard InChI is InChI=1S/C36H44O11/c1-19(2)35-29(46-31(40)23-13-9-7-10-14-23)21(4)36(47-24-15-11-8-12-16-24)25-17-20(3)27(38)34(25,42)32(45-22(5)37)33(6,41)28(39)26(36)30(35)43-18-44-35/h7-16,20-21,25-30,32,38-39,41-42H,1,17-18H2,2-6H3/t20-,21+,25+,26-,27-,28-,29-,30+,32+,33+,34+,35-,36-/m0/s1. The minimum absolute atomic E-state index is 0.124. The Morgan fingerprint density at radius 1 is 0.936 bits per heavy atom. The number of rotatable bonds is 6. The van der Waals surface area contributed by atoms with Crippen LogP contribution in [0.4, 0.5) is 0 Å². The Hall–Kier alpha value is -3.32. The molecule has 0 spiro atoms. The summed E-state index contributed by atoms with van der Waals surface area (Å²) in [6, 6.07) is 17.2. The highest BCUT2D eigenvalue weighted by Gasteiger charge is 2.82. The maximum Gasteiger partial charge on any atom is 0.338 e. The van der Waals surface area contributed by atoms with Crippen molar-refractivity contribution in [2.45, 2.75) is 94.0 Å². The van der Waals surface area contributed by atoms with Crippen LogP contribution in [0.25, 0.3) is 0 Å². The molecule has 0 unspecified atom stereocenters. The second-order valence-electron chi connectivity index (χ2n) is 14.0. The zero-order valence-electron chi connectivity index (χ0n) is 27.2. The molecule has 4 aliphatic rings. The first-order valence-corrected chi connectivity index (χ1v) is 16.0. The summed E-state index contributed by atoms with van der Waals surface area (Å²) in [5, 5.41) is 49.4. The molecule has 3 aliphatic carbocycles. The van der Waals surface area contributed by atoms with Gasteiger partial charge in [0.25, 0.3) is 0 Å². The number of ether oxygens (including phenoxy) is 5. The molecule has 1 aliphatic heterocycles. The van der Waals surface area contributed by atoms with E-state index in [0.717, 1.165) is 6.92 Å².